The van der Waals surface area contributed by atoms with Gasteiger partial charge < -0.3 is 19.7 Å². The van der Waals surface area contributed by atoms with Crippen LogP contribution in [0.3, 0.4) is 0 Å². The Hall–Kier alpha value is -2.92. The van der Waals surface area contributed by atoms with E-state index < -0.39 is 0 Å². The van der Waals surface area contributed by atoms with Crippen molar-refractivity contribution in [2.24, 2.45) is 0 Å². The molecule has 1 aliphatic rings. The molecule has 10 heteroatoms. The molecule has 1 fully saturated rings. The number of hydrogen-bond donors (Lipinski definition) is 2. The average molecular weight is 642 g/mol. The molecule has 2 aromatic carbocycles. The van der Waals surface area contributed by atoms with Crippen LogP contribution in [0.15, 0.2) is 69.6 Å². The fourth-order valence-corrected chi connectivity index (χ4v) is 5.89. The molecule has 2 aromatic heterocycles. The van der Waals surface area contributed by atoms with Gasteiger partial charge in [-0.25, -0.2) is 0 Å². The molecule has 0 aliphatic heterocycles. The van der Waals surface area contributed by atoms with Crippen LogP contribution in [-0.4, -0.2) is 44.4 Å². The summed E-state index contributed by atoms with van der Waals surface area (Å²) < 4.78 is 12.7. The molecule has 0 unspecified atom stereocenters. The monoisotopic (exact) mass is 640 g/mol. The van der Waals surface area contributed by atoms with E-state index in [0.29, 0.717) is 11.4 Å². The summed E-state index contributed by atoms with van der Waals surface area (Å²) in [5.41, 5.74) is 4.77. The number of methoxy groups -OCH3 is 2. The van der Waals surface area contributed by atoms with E-state index in [2.05, 4.69) is 66.1 Å². The minimum Gasteiger partial charge on any atom is -0.467 e. The van der Waals surface area contributed by atoms with Gasteiger partial charge in [-0.15, -0.1) is 0 Å². The van der Waals surface area contributed by atoms with Gasteiger partial charge in [0.05, 0.1) is 50.2 Å². The molecule has 8 nitrogen and oxygen atoms in total. The molecular formula is C28H26Br2N4O4. The van der Waals surface area contributed by atoms with Gasteiger partial charge in [-0.3, -0.25) is 0 Å². The van der Waals surface area contributed by atoms with Crippen molar-refractivity contribution < 1.29 is 19.7 Å². The van der Waals surface area contributed by atoms with Crippen LogP contribution < -0.4 is 9.47 Å². The zero-order chi connectivity index (χ0) is 26.8. The van der Waals surface area contributed by atoms with Gasteiger partial charge in [0, 0.05) is 32.6 Å². The Morgan fingerprint density at radius 1 is 0.605 bits per heavy atom. The Labute approximate surface area is 237 Å². The number of benzene rings is 2. The van der Waals surface area contributed by atoms with Crippen molar-refractivity contribution >= 4 is 31.9 Å². The Morgan fingerprint density at radius 2 is 0.974 bits per heavy atom. The third-order valence-corrected chi connectivity index (χ3v) is 8.04. The summed E-state index contributed by atoms with van der Waals surface area (Å²) in [6.07, 6.45) is 0. The van der Waals surface area contributed by atoms with Crippen LogP contribution in [0.2, 0.25) is 0 Å². The van der Waals surface area contributed by atoms with Crippen molar-refractivity contribution in [3.63, 3.8) is 0 Å². The summed E-state index contributed by atoms with van der Waals surface area (Å²) >= 11 is 7.10. The average Bonchev–Trinajstić information content (AvgIpc) is 2.94. The van der Waals surface area contributed by atoms with Gasteiger partial charge in [0.1, 0.15) is 0 Å². The van der Waals surface area contributed by atoms with E-state index in [-0.39, 0.29) is 48.9 Å². The summed E-state index contributed by atoms with van der Waals surface area (Å²) in [4.78, 5) is 18.1. The largest absolute Gasteiger partial charge is 0.467 e. The first-order valence-corrected chi connectivity index (χ1v) is 13.6. The number of halogens is 2. The van der Waals surface area contributed by atoms with Gasteiger partial charge in [0.2, 0.25) is 0 Å². The smallest absolute Gasteiger partial charge is 0.316 e. The van der Waals surface area contributed by atoms with Gasteiger partial charge in [0.15, 0.2) is 0 Å². The first-order chi connectivity index (χ1) is 18.4. The van der Waals surface area contributed by atoms with E-state index >= 15 is 0 Å². The highest BCUT2D eigenvalue weighted by Crippen LogP contribution is 2.66. The number of aliphatic hydroxyl groups is 2. The van der Waals surface area contributed by atoms with Crippen LogP contribution >= 0.6 is 31.9 Å². The van der Waals surface area contributed by atoms with Crippen molar-refractivity contribution in [1.82, 2.24) is 19.9 Å². The van der Waals surface area contributed by atoms with E-state index in [4.69, 9.17) is 19.4 Å². The molecular weight excluding hydrogens is 616 g/mol. The summed E-state index contributed by atoms with van der Waals surface area (Å²) in [6, 6.07) is 20.6. The predicted octanol–water partition coefficient (Wildman–Crippen LogP) is 5.24. The molecule has 2 heterocycles. The minimum absolute atomic E-state index is 0.0333. The van der Waals surface area contributed by atoms with E-state index in [9.17, 15) is 10.2 Å². The van der Waals surface area contributed by atoms with Crippen LogP contribution in [0.25, 0.3) is 0 Å². The molecule has 4 aromatic rings. The number of nitrogens with zero attached hydrogens (tertiary/aromatic N) is 4. The molecule has 1 aliphatic carbocycles. The minimum atomic E-state index is -0.225. The summed E-state index contributed by atoms with van der Waals surface area (Å²) in [7, 11) is 3.04. The Morgan fingerprint density at radius 3 is 1.29 bits per heavy atom. The molecule has 0 bridgehead atoms. The fourth-order valence-electron chi connectivity index (χ4n) is 5.36. The molecule has 0 saturated heterocycles. The second-order valence-electron chi connectivity index (χ2n) is 9.06. The van der Waals surface area contributed by atoms with E-state index in [1.54, 1.807) is 0 Å². The van der Waals surface area contributed by atoms with Crippen molar-refractivity contribution in [2.45, 2.75) is 36.9 Å². The number of aliphatic hydroxyl groups excluding tert-OH is 2. The zero-order valence-corrected chi connectivity index (χ0v) is 23.9. The van der Waals surface area contributed by atoms with Gasteiger partial charge in [0.25, 0.3) is 0 Å². The maximum atomic E-state index is 9.92. The molecule has 5 rings (SSSR count). The number of ether oxygens (including phenoxy) is 2. The normalized spacial score (nSPS) is 20.6. The molecule has 0 radical (unpaired) electrons. The fraction of sp³-hybridized carbons (Fsp3) is 0.286. The van der Waals surface area contributed by atoms with E-state index in [0.717, 1.165) is 31.5 Å². The summed E-state index contributed by atoms with van der Waals surface area (Å²) in [6.45, 7) is -0.451. The quantitative estimate of drug-likeness (QED) is 0.269. The number of hydrogen-bond acceptors (Lipinski definition) is 8. The molecule has 196 valence electrons. The lowest BCUT2D eigenvalue weighted by Gasteiger charge is -2.52. The second kappa shape index (κ2) is 11.4. The van der Waals surface area contributed by atoms with Crippen LogP contribution in [0.5, 0.6) is 12.0 Å². The van der Waals surface area contributed by atoms with Crippen LogP contribution in [0.4, 0.5) is 0 Å². The highest BCUT2D eigenvalue weighted by Gasteiger charge is 2.54. The first-order valence-electron chi connectivity index (χ1n) is 12.0. The van der Waals surface area contributed by atoms with Crippen molar-refractivity contribution in [2.75, 3.05) is 14.2 Å². The van der Waals surface area contributed by atoms with Gasteiger partial charge in [-0.2, -0.15) is 19.9 Å². The second-order valence-corrected chi connectivity index (χ2v) is 10.9. The topological polar surface area (TPSA) is 110 Å². The molecule has 0 spiro atoms. The highest BCUT2D eigenvalue weighted by molar-refractivity contribution is 9.10. The zero-order valence-electron chi connectivity index (χ0n) is 20.8. The van der Waals surface area contributed by atoms with E-state index in [1.165, 1.54) is 14.2 Å². The first kappa shape index (κ1) is 26.7. The van der Waals surface area contributed by atoms with Crippen molar-refractivity contribution in [1.29, 1.82) is 0 Å². The SMILES string of the molecule is COc1nc(CO)cc([C@H]2[C@H](c3ccc(Br)cc3)[C@@H](c3cc(CO)nc(OC)n3)[C@H]2c2ccc(Br)cc2)n1. The summed E-state index contributed by atoms with van der Waals surface area (Å²) in [5.74, 6) is -0.228. The van der Waals surface area contributed by atoms with E-state index in [1.807, 2.05) is 36.4 Å². The maximum absolute atomic E-state index is 9.92. The molecule has 0 atom stereocenters. The van der Waals surface area contributed by atoms with Crippen LogP contribution in [0, 0.1) is 0 Å². The molecule has 0 amide bonds. The van der Waals surface area contributed by atoms with Crippen LogP contribution in [0.1, 0.15) is 57.6 Å². The predicted molar refractivity (Wildman–Crippen MR) is 148 cm³/mol. The van der Waals surface area contributed by atoms with Gasteiger partial charge in [-0.05, 0) is 47.5 Å². The lowest BCUT2D eigenvalue weighted by Crippen LogP contribution is -2.41. The number of aromatic nitrogens is 4. The lowest BCUT2D eigenvalue weighted by atomic mass is 9.50. The lowest BCUT2D eigenvalue weighted by molar-refractivity contribution is 0.213. The Balaban J connectivity index is 1.74. The molecule has 2 N–H and O–H groups in total. The Kier molecular flexibility index (Phi) is 8.04. The highest BCUT2D eigenvalue weighted by atomic mass is 79.9. The Bertz CT molecular complexity index is 1260. The van der Waals surface area contributed by atoms with Gasteiger partial charge in [-0.1, -0.05) is 56.1 Å². The maximum Gasteiger partial charge on any atom is 0.316 e. The molecule has 1 saturated carbocycles. The molecule has 38 heavy (non-hydrogen) atoms. The summed E-state index contributed by atoms with van der Waals surface area (Å²) in [5, 5.41) is 19.8. The standard InChI is InChI=1S/C28H26Br2N4O4/c1-37-27-31-19(13-35)11-21(33-27)25-23(15-3-7-17(29)8-4-15)26(24(25)16-5-9-18(30)10-6-16)22-12-20(14-36)32-28(34-22)38-2/h3-12,23-26,35-36H,13-14H2,1-2H3/t23-,24-,25-,26+. The van der Waals surface area contributed by atoms with Crippen LogP contribution in [-0.2, 0) is 13.2 Å². The number of rotatable bonds is 8. The third kappa shape index (κ3) is 5.18. The third-order valence-electron chi connectivity index (χ3n) is 6.99. The van der Waals surface area contributed by atoms with Crippen molar-refractivity contribution in [3.8, 4) is 12.0 Å². The van der Waals surface area contributed by atoms with Crippen molar-refractivity contribution in [3.05, 3.63) is 104 Å². The van der Waals surface area contributed by atoms with Gasteiger partial charge >= 0.3 is 12.0 Å².